The Balaban J connectivity index is 1.40. The highest BCUT2D eigenvalue weighted by Gasteiger charge is 2.38. The number of benzene rings is 2. The number of esters is 1. The molecule has 0 aliphatic carbocycles. The van der Waals surface area contributed by atoms with Crippen LogP contribution in [0.25, 0.3) is 0 Å². The van der Waals surface area contributed by atoms with Gasteiger partial charge in [-0.3, -0.25) is 19.3 Å². The number of rotatable bonds is 10. The minimum Gasteiger partial charge on any atom is -0.493 e. The highest BCUT2D eigenvalue weighted by molar-refractivity contribution is 7.80. The molecule has 2 aromatic rings. The minimum atomic E-state index is -1.36. The number of methoxy groups -OCH3 is 1. The van der Waals surface area contributed by atoms with E-state index in [0.717, 1.165) is 11.1 Å². The molecule has 1 saturated heterocycles. The average molecular weight is 643 g/mol. The zero-order valence-corrected chi connectivity index (χ0v) is 25.2. The maximum Gasteiger partial charge on any atom is 0.338 e. The second kappa shape index (κ2) is 14.0. The van der Waals surface area contributed by atoms with Crippen molar-refractivity contribution in [2.24, 2.45) is 11.0 Å². The van der Waals surface area contributed by atoms with Crippen molar-refractivity contribution in [1.29, 1.82) is 0 Å². The number of amides is 5. The Kier molecular flexibility index (Phi) is 10.1. The molecule has 0 bridgehead atoms. The summed E-state index contributed by atoms with van der Waals surface area (Å²) in [6, 6.07) is 9.61. The minimum absolute atomic E-state index is 0.102. The molecule has 4 rings (SSSR count). The second-order valence-electron chi connectivity index (χ2n) is 9.22. The van der Waals surface area contributed by atoms with E-state index in [4.69, 9.17) is 38.0 Å². The fraction of sp³-hybridized carbons (Fsp3) is 0.250. The van der Waals surface area contributed by atoms with Crippen LogP contribution in [-0.2, 0) is 23.9 Å². The predicted molar refractivity (Wildman–Crippen MR) is 162 cm³/mol. The zero-order valence-electron chi connectivity index (χ0n) is 23.6. The van der Waals surface area contributed by atoms with Crippen molar-refractivity contribution in [1.82, 2.24) is 21.4 Å². The van der Waals surface area contributed by atoms with Crippen molar-refractivity contribution in [3.63, 3.8) is 0 Å². The van der Waals surface area contributed by atoms with Crippen molar-refractivity contribution >= 4 is 70.6 Å². The number of urea groups is 1. The predicted octanol–water partition coefficient (Wildman–Crippen LogP) is 2.08. The maximum atomic E-state index is 13.0. The molecule has 0 saturated carbocycles. The van der Waals surface area contributed by atoms with Crippen molar-refractivity contribution in [2.45, 2.75) is 19.9 Å². The summed E-state index contributed by atoms with van der Waals surface area (Å²) in [5.41, 5.74) is 3.68. The third-order valence-electron chi connectivity index (χ3n) is 6.34. The van der Waals surface area contributed by atoms with E-state index in [1.807, 2.05) is 0 Å². The van der Waals surface area contributed by atoms with E-state index in [2.05, 4.69) is 26.5 Å². The number of hydrazone groups is 1. The van der Waals surface area contributed by atoms with Gasteiger partial charge in [0.1, 0.15) is 0 Å². The molecule has 2 atom stereocenters. The molecule has 2 aliphatic rings. The van der Waals surface area contributed by atoms with Crippen LogP contribution in [0.4, 0.5) is 10.5 Å². The maximum absolute atomic E-state index is 13.0. The smallest absolute Gasteiger partial charge is 0.338 e. The molecule has 2 aromatic carbocycles. The molecule has 44 heavy (non-hydrogen) atoms. The van der Waals surface area contributed by atoms with Gasteiger partial charge in [-0.15, -0.1) is 0 Å². The van der Waals surface area contributed by atoms with Crippen LogP contribution >= 0.6 is 23.8 Å². The van der Waals surface area contributed by atoms with Gasteiger partial charge in [0.2, 0.25) is 5.91 Å². The van der Waals surface area contributed by atoms with E-state index in [0.29, 0.717) is 22.0 Å². The first-order chi connectivity index (χ1) is 21.0. The largest absolute Gasteiger partial charge is 0.493 e. The molecular formula is C28H27ClN6O8S. The van der Waals surface area contributed by atoms with Crippen molar-refractivity contribution in [2.75, 3.05) is 25.2 Å². The molecule has 0 aromatic heterocycles. The summed E-state index contributed by atoms with van der Waals surface area (Å²) in [5, 5.41) is 11.8. The lowest BCUT2D eigenvalue weighted by molar-refractivity contribution is -0.139. The number of carbonyl (C=O) groups excluding carboxylic acids is 5. The van der Waals surface area contributed by atoms with Crippen LogP contribution in [0.15, 0.2) is 58.8 Å². The third kappa shape index (κ3) is 7.12. The molecular weight excluding hydrogens is 616 g/mol. The summed E-state index contributed by atoms with van der Waals surface area (Å²) in [6.07, 6.45) is 0.986. The number of carbonyl (C=O) groups is 5. The van der Waals surface area contributed by atoms with Gasteiger partial charge in [0, 0.05) is 16.9 Å². The number of hydrogen-bond donors (Lipinski definition) is 4. The lowest BCUT2D eigenvalue weighted by Crippen LogP contribution is -2.58. The Hall–Kier alpha value is -5.02. The molecule has 0 unspecified atom stereocenters. The van der Waals surface area contributed by atoms with Gasteiger partial charge >= 0.3 is 12.0 Å². The average Bonchev–Trinajstić information content (AvgIpc) is 2.98. The first-order valence-electron chi connectivity index (χ1n) is 13.1. The Labute approximate surface area is 261 Å². The van der Waals surface area contributed by atoms with Gasteiger partial charge in [-0.1, -0.05) is 17.7 Å². The fourth-order valence-corrected chi connectivity index (χ4v) is 4.74. The summed E-state index contributed by atoms with van der Waals surface area (Å²) in [4.78, 5) is 63.7. The molecule has 0 radical (unpaired) electrons. The Bertz CT molecular complexity index is 1580. The quantitative estimate of drug-likeness (QED) is 0.0993. The molecule has 4 N–H and O–H groups in total. The number of hydrogen-bond acceptors (Lipinski definition) is 10. The number of anilines is 1. The zero-order chi connectivity index (χ0) is 32.0. The van der Waals surface area contributed by atoms with Crippen molar-refractivity contribution in [3.05, 3.63) is 64.3 Å². The molecule has 1 fully saturated rings. The standard InChI is InChI=1S/C28H27ClN6O8S/c1-4-42-26(39)22-14(2)31-27(40)32-23(22)15-5-10-19(20(11-15)41-3)43-13-21(36)34-30-12-18-24(37)33-28(44)35(25(18)38)17-8-6-16(29)7-9-17/h5-12,18,23H,4,13H2,1-3H3,(H,34,36)(H2,31,32,40)(H,33,37,44)/b30-12-/t18-,23+/m0/s1. The van der Waals surface area contributed by atoms with Crippen LogP contribution < -0.4 is 35.7 Å². The van der Waals surface area contributed by atoms with E-state index in [9.17, 15) is 24.0 Å². The van der Waals surface area contributed by atoms with Gasteiger partial charge in [-0.05, 0) is 68.0 Å². The first kappa shape index (κ1) is 31.9. The summed E-state index contributed by atoms with van der Waals surface area (Å²) >= 11 is 11.1. The second-order valence-corrected chi connectivity index (χ2v) is 10.0. The summed E-state index contributed by atoms with van der Waals surface area (Å²) in [6.45, 7) is 2.91. The molecule has 2 aliphatic heterocycles. The molecule has 0 spiro atoms. The Morgan fingerprint density at radius 3 is 2.52 bits per heavy atom. The van der Waals surface area contributed by atoms with E-state index in [-0.39, 0.29) is 28.8 Å². The molecule has 16 heteroatoms. The molecule has 230 valence electrons. The van der Waals surface area contributed by atoms with Crippen LogP contribution in [0.3, 0.4) is 0 Å². The van der Waals surface area contributed by atoms with Gasteiger partial charge in [0.05, 0.1) is 31.0 Å². The van der Waals surface area contributed by atoms with Crippen molar-refractivity contribution in [3.8, 4) is 11.5 Å². The summed E-state index contributed by atoms with van der Waals surface area (Å²) < 4.78 is 16.1. The van der Waals surface area contributed by atoms with E-state index < -0.39 is 48.3 Å². The lowest BCUT2D eigenvalue weighted by atomic mass is 9.95. The number of thiocarbonyl (C=S) groups is 1. The van der Waals surface area contributed by atoms with Crippen LogP contribution in [0, 0.1) is 5.92 Å². The topological polar surface area (TPSA) is 177 Å². The van der Waals surface area contributed by atoms with Gasteiger partial charge in [0.15, 0.2) is 29.1 Å². The highest BCUT2D eigenvalue weighted by Crippen LogP contribution is 2.34. The Morgan fingerprint density at radius 1 is 1.11 bits per heavy atom. The summed E-state index contributed by atoms with van der Waals surface area (Å²) in [7, 11) is 1.38. The van der Waals surface area contributed by atoms with Crippen LogP contribution in [0.1, 0.15) is 25.5 Å². The van der Waals surface area contributed by atoms with Gasteiger partial charge in [0.25, 0.3) is 11.8 Å². The van der Waals surface area contributed by atoms with Crippen molar-refractivity contribution < 1.29 is 38.2 Å². The molecule has 14 nitrogen and oxygen atoms in total. The highest BCUT2D eigenvalue weighted by atomic mass is 35.5. The van der Waals surface area contributed by atoms with Gasteiger partial charge in [-0.2, -0.15) is 5.10 Å². The van der Waals surface area contributed by atoms with Crippen LogP contribution in [0.2, 0.25) is 5.02 Å². The van der Waals surface area contributed by atoms with E-state index in [1.54, 1.807) is 50.2 Å². The number of nitrogens with one attached hydrogen (secondary N) is 4. The van der Waals surface area contributed by atoms with E-state index >= 15 is 0 Å². The lowest BCUT2D eigenvalue weighted by Gasteiger charge is -2.30. The van der Waals surface area contributed by atoms with Gasteiger partial charge in [-0.25, -0.2) is 15.0 Å². The SMILES string of the molecule is CCOC(=O)C1=C(C)NC(=O)N[C@@H]1c1ccc(OCC(=O)N/N=C\[C@H]2C(=O)NC(=S)N(c3ccc(Cl)cc3)C2=O)c(OC)c1. The molecule has 2 heterocycles. The Morgan fingerprint density at radius 2 is 1.84 bits per heavy atom. The third-order valence-corrected chi connectivity index (χ3v) is 6.88. The van der Waals surface area contributed by atoms with Crippen LogP contribution in [0.5, 0.6) is 11.5 Å². The van der Waals surface area contributed by atoms with Gasteiger partial charge < -0.3 is 30.2 Å². The number of nitrogens with zero attached hydrogens (tertiary/aromatic N) is 2. The normalized spacial score (nSPS) is 18.4. The number of ether oxygens (including phenoxy) is 3. The van der Waals surface area contributed by atoms with E-state index in [1.165, 1.54) is 13.2 Å². The number of halogens is 1. The number of allylic oxidation sites excluding steroid dienone is 1. The molecule has 5 amide bonds. The first-order valence-corrected chi connectivity index (χ1v) is 13.8. The van der Waals surface area contributed by atoms with Crippen LogP contribution in [-0.4, -0.2) is 61.4 Å². The fourth-order valence-electron chi connectivity index (χ4n) is 4.32. The summed E-state index contributed by atoms with van der Waals surface area (Å²) in [5.74, 6) is -3.62. The monoisotopic (exact) mass is 642 g/mol.